The third-order valence-electron chi connectivity index (χ3n) is 5.73. The number of hydrogen-bond acceptors (Lipinski definition) is 3. The molecule has 0 radical (unpaired) electrons. The van der Waals surface area contributed by atoms with Gasteiger partial charge in [0, 0.05) is 24.9 Å². The van der Waals surface area contributed by atoms with Crippen molar-refractivity contribution in [2.24, 2.45) is 11.8 Å². The molecule has 7 heteroatoms. The molecule has 0 bridgehead atoms. The number of carboxylic acid groups (broad SMARTS) is 1. The van der Waals surface area contributed by atoms with Crippen molar-refractivity contribution in [2.75, 3.05) is 13.1 Å². The predicted octanol–water partition coefficient (Wildman–Crippen LogP) is 3.10. The lowest BCUT2D eigenvalue weighted by Gasteiger charge is -2.45. The standard InChI is InChI=1S/C19H31FN2O4/c1-12(13-5-7-15(23)8-6-13)16(22(18(25)26)19(2,3)4)17(24)21-10-9-14(20)11-21/h12-14,16H,5-11H2,1-4H3,(H,25,26)/t12-,14-,16-/m0/s1. The molecule has 0 aromatic rings. The molecule has 3 atom stereocenters. The molecule has 0 aromatic heterocycles. The van der Waals surface area contributed by atoms with E-state index in [1.54, 1.807) is 20.8 Å². The number of halogens is 1. The van der Waals surface area contributed by atoms with Crippen LogP contribution >= 0.6 is 0 Å². The van der Waals surface area contributed by atoms with Gasteiger partial charge in [0.15, 0.2) is 0 Å². The van der Waals surface area contributed by atoms with Crippen LogP contribution in [0.1, 0.15) is 59.8 Å². The lowest BCUT2D eigenvalue weighted by Crippen LogP contribution is -2.60. The molecule has 0 unspecified atom stereocenters. The number of amides is 2. The van der Waals surface area contributed by atoms with E-state index >= 15 is 0 Å². The zero-order valence-electron chi connectivity index (χ0n) is 16.2. The number of hydrogen-bond donors (Lipinski definition) is 1. The lowest BCUT2D eigenvalue weighted by molar-refractivity contribution is -0.140. The Hall–Kier alpha value is -1.66. The monoisotopic (exact) mass is 370 g/mol. The van der Waals surface area contributed by atoms with E-state index in [0.717, 1.165) is 0 Å². The summed E-state index contributed by atoms with van der Waals surface area (Å²) in [4.78, 5) is 39.5. The van der Waals surface area contributed by atoms with Crippen molar-refractivity contribution in [3.05, 3.63) is 0 Å². The molecule has 2 rings (SSSR count). The van der Waals surface area contributed by atoms with E-state index in [1.807, 2.05) is 6.92 Å². The molecule has 2 amide bonds. The summed E-state index contributed by atoms with van der Waals surface area (Å²) in [6.45, 7) is 7.54. The molecular formula is C19H31FN2O4. The summed E-state index contributed by atoms with van der Waals surface area (Å²) < 4.78 is 13.6. The second-order valence-electron chi connectivity index (χ2n) is 8.67. The SMILES string of the molecule is C[C@@H](C1CCC(=O)CC1)[C@@H](C(=O)N1CC[C@H](F)C1)N(C(=O)O)C(C)(C)C. The fraction of sp³-hybridized carbons (Fsp3) is 0.842. The van der Waals surface area contributed by atoms with Gasteiger partial charge in [0.05, 0.1) is 6.54 Å². The van der Waals surface area contributed by atoms with E-state index in [0.29, 0.717) is 38.6 Å². The highest BCUT2D eigenvalue weighted by molar-refractivity contribution is 5.86. The van der Waals surface area contributed by atoms with Crippen LogP contribution in [0.4, 0.5) is 9.18 Å². The van der Waals surface area contributed by atoms with Crippen LogP contribution in [0.25, 0.3) is 0 Å². The third-order valence-corrected chi connectivity index (χ3v) is 5.73. The Labute approximate surface area is 154 Å². The van der Waals surface area contributed by atoms with Gasteiger partial charge < -0.3 is 10.0 Å². The van der Waals surface area contributed by atoms with Crippen LogP contribution in [0.2, 0.25) is 0 Å². The highest BCUT2D eigenvalue weighted by atomic mass is 19.1. The largest absolute Gasteiger partial charge is 0.465 e. The van der Waals surface area contributed by atoms with Crippen LogP contribution in [0, 0.1) is 11.8 Å². The number of alkyl halides is 1. The minimum Gasteiger partial charge on any atom is -0.465 e. The van der Waals surface area contributed by atoms with Crippen LogP contribution in [0.5, 0.6) is 0 Å². The second kappa shape index (κ2) is 7.92. The number of carbonyl (C=O) groups is 3. The molecule has 26 heavy (non-hydrogen) atoms. The maximum absolute atomic E-state index is 13.6. The molecule has 1 saturated heterocycles. The van der Waals surface area contributed by atoms with Gasteiger partial charge >= 0.3 is 6.09 Å². The zero-order chi connectivity index (χ0) is 19.6. The number of nitrogens with zero attached hydrogens (tertiary/aromatic N) is 2. The fourth-order valence-corrected chi connectivity index (χ4v) is 4.24. The highest BCUT2D eigenvalue weighted by Crippen LogP contribution is 2.35. The van der Waals surface area contributed by atoms with E-state index in [4.69, 9.17) is 0 Å². The first-order valence-electron chi connectivity index (χ1n) is 9.49. The van der Waals surface area contributed by atoms with Crippen LogP contribution in [-0.2, 0) is 9.59 Å². The van der Waals surface area contributed by atoms with Gasteiger partial charge in [-0.15, -0.1) is 0 Å². The zero-order valence-corrected chi connectivity index (χ0v) is 16.2. The molecule has 2 aliphatic rings. The number of carbonyl (C=O) groups excluding carboxylic acids is 2. The van der Waals surface area contributed by atoms with Crippen molar-refractivity contribution in [2.45, 2.75) is 77.6 Å². The van der Waals surface area contributed by atoms with Crippen LogP contribution in [-0.4, -0.2) is 63.5 Å². The molecule has 1 aliphatic heterocycles. The van der Waals surface area contributed by atoms with Gasteiger partial charge in [-0.05, 0) is 51.9 Å². The number of Topliss-reactive ketones (excluding diaryl/α,β-unsaturated/α-hetero) is 1. The van der Waals surface area contributed by atoms with Gasteiger partial charge in [0.25, 0.3) is 0 Å². The Morgan fingerprint density at radius 2 is 1.81 bits per heavy atom. The van der Waals surface area contributed by atoms with Crippen molar-refractivity contribution in [3.63, 3.8) is 0 Å². The lowest BCUT2D eigenvalue weighted by atomic mass is 9.76. The first-order chi connectivity index (χ1) is 12.0. The van der Waals surface area contributed by atoms with Crippen LogP contribution in [0.15, 0.2) is 0 Å². The molecule has 1 saturated carbocycles. The van der Waals surface area contributed by atoms with Crippen molar-refractivity contribution in [3.8, 4) is 0 Å². The van der Waals surface area contributed by atoms with Gasteiger partial charge in [-0.2, -0.15) is 0 Å². The maximum atomic E-state index is 13.6. The fourth-order valence-electron chi connectivity index (χ4n) is 4.24. The first-order valence-corrected chi connectivity index (χ1v) is 9.49. The van der Waals surface area contributed by atoms with E-state index in [2.05, 4.69) is 0 Å². The maximum Gasteiger partial charge on any atom is 0.408 e. The summed E-state index contributed by atoms with van der Waals surface area (Å²) in [6, 6.07) is -0.865. The quantitative estimate of drug-likeness (QED) is 0.825. The van der Waals surface area contributed by atoms with Gasteiger partial charge in [0.1, 0.15) is 18.0 Å². The molecule has 1 aliphatic carbocycles. The van der Waals surface area contributed by atoms with Crippen LogP contribution in [0.3, 0.4) is 0 Å². The Balaban J connectivity index is 2.32. The molecule has 1 N–H and O–H groups in total. The molecule has 148 valence electrons. The summed E-state index contributed by atoms with van der Waals surface area (Å²) >= 11 is 0. The van der Waals surface area contributed by atoms with Gasteiger partial charge in [-0.1, -0.05) is 6.92 Å². The Morgan fingerprint density at radius 1 is 1.23 bits per heavy atom. The number of ketones is 1. The summed E-state index contributed by atoms with van der Waals surface area (Å²) in [7, 11) is 0. The minimum absolute atomic E-state index is 0.0306. The van der Waals surface area contributed by atoms with Crippen molar-refractivity contribution in [1.29, 1.82) is 0 Å². The smallest absolute Gasteiger partial charge is 0.408 e. The molecule has 1 heterocycles. The van der Waals surface area contributed by atoms with E-state index in [1.165, 1.54) is 9.80 Å². The van der Waals surface area contributed by atoms with Crippen molar-refractivity contribution < 1.29 is 23.9 Å². The summed E-state index contributed by atoms with van der Waals surface area (Å²) in [6.07, 6.45) is 0.414. The first kappa shape index (κ1) is 20.6. The summed E-state index contributed by atoms with van der Waals surface area (Å²) in [5.74, 6) is -0.215. The predicted molar refractivity (Wildman–Crippen MR) is 95.6 cm³/mol. The van der Waals surface area contributed by atoms with E-state index < -0.39 is 23.8 Å². The average Bonchev–Trinajstić information content (AvgIpc) is 2.97. The topological polar surface area (TPSA) is 77.9 Å². The third kappa shape index (κ3) is 4.54. The Bertz CT molecular complexity index is 550. The highest BCUT2D eigenvalue weighted by Gasteiger charge is 2.45. The summed E-state index contributed by atoms with van der Waals surface area (Å²) in [5, 5.41) is 9.84. The molecular weight excluding hydrogens is 339 g/mol. The van der Waals surface area contributed by atoms with E-state index in [9.17, 15) is 23.9 Å². The van der Waals surface area contributed by atoms with Crippen LogP contribution < -0.4 is 0 Å². The average molecular weight is 370 g/mol. The van der Waals surface area contributed by atoms with Gasteiger partial charge in [0.2, 0.25) is 5.91 Å². The number of likely N-dealkylation sites (tertiary alicyclic amines) is 1. The second-order valence-corrected chi connectivity index (χ2v) is 8.67. The minimum atomic E-state index is -1.15. The number of rotatable bonds is 4. The molecule has 0 spiro atoms. The Kier molecular flexibility index (Phi) is 6.29. The Morgan fingerprint density at radius 3 is 2.23 bits per heavy atom. The summed E-state index contributed by atoms with van der Waals surface area (Å²) in [5.41, 5.74) is -0.764. The van der Waals surface area contributed by atoms with E-state index in [-0.39, 0.29) is 30.1 Å². The van der Waals surface area contributed by atoms with Gasteiger partial charge in [-0.3, -0.25) is 14.5 Å². The molecule has 6 nitrogen and oxygen atoms in total. The van der Waals surface area contributed by atoms with Crippen molar-refractivity contribution >= 4 is 17.8 Å². The normalized spacial score (nSPS) is 24.4. The van der Waals surface area contributed by atoms with Crippen molar-refractivity contribution in [1.82, 2.24) is 9.80 Å². The van der Waals surface area contributed by atoms with Gasteiger partial charge in [-0.25, -0.2) is 9.18 Å². The molecule has 2 fully saturated rings. The molecule has 0 aromatic carbocycles.